The first-order valence-electron chi connectivity index (χ1n) is 6.74. The molecule has 0 unspecified atom stereocenters. The highest BCUT2D eigenvalue weighted by Crippen LogP contribution is 2.12. The molecular weight excluding hydrogens is 258 g/mol. The molecule has 0 aliphatic carbocycles. The highest BCUT2D eigenvalue weighted by Gasteiger charge is 2.18. The zero-order valence-electron chi connectivity index (χ0n) is 11.9. The Morgan fingerprint density at radius 2 is 2.15 bits per heavy atom. The summed E-state index contributed by atoms with van der Waals surface area (Å²) < 4.78 is 5.45. The van der Waals surface area contributed by atoms with Crippen LogP contribution in [0.15, 0.2) is 24.3 Å². The van der Waals surface area contributed by atoms with Crippen LogP contribution in [0.3, 0.4) is 0 Å². The predicted octanol–water partition coefficient (Wildman–Crippen LogP) is 2.13. The van der Waals surface area contributed by atoms with Gasteiger partial charge in [0.25, 0.3) is 0 Å². The van der Waals surface area contributed by atoms with Gasteiger partial charge in [-0.05, 0) is 31.0 Å². The topological polar surface area (TPSA) is 75.6 Å². The third-order valence-corrected chi connectivity index (χ3v) is 2.80. The van der Waals surface area contributed by atoms with Gasteiger partial charge < -0.3 is 15.2 Å². The predicted molar refractivity (Wildman–Crippen MR) is 75.8 cm³/mol. The zero-order chi connectivity index (χ0) is 15.0. The zero-order valence-corrected chi connectivity index (χ0v) is 11.9. The fourth-order valence-corrected chi connectivity index (χ4v) is 1.78. The number of hydrogen-bond donors (Lipinski definition) is 2. The van der Waals surface area contributed by atoms with Gasteiger partial charge in [-0.1, -0.05) is 25.5 Å². The van der Waals surface area contributed by atoms with E-state index in [0.717, 1.165) is 5.56 Å². The van der Waals surface area contributed by atoms with E-state index < -0.39 is 12.0 Å². The molecule has 0 fully saturated rings. The highest BCUT2D eigenvalue weighted by molar-refractivity contribution is 5.83. The van der Waals surface area contributed by atoms with Gasteiger partial charge in [-0.3, -0.25) is 4.79 Å². The number of aryl methyl sites for hydroxylation is 1. The summed E-state index contributed by atoms with van der Waals surface area (Å²) in [6, 6.07) is 6.73. The van der Waals surface area contributed by atoms with Crippen LogP contribution >= 0.6 is 0 Å². The first kappa shape index (κ1) is 16.0. The minimum absolute atomic E-state index is 0.140. The van der Waals surface area contributed by atoms with Crippen molar-refractivity contribution in [2.75, 3.05) is 6.61 Å². The SMILES string of the molecule is CCC[C@@H](NC(=O)CCOc1cccc(C)c1)C(=O)O. The van der Waals surface area contributed by atoms with Gasteiger partial charge in [0.1, 0.15) is 11.8 Å². The van der Waals surface area contributed by atoms with Crippen molar-refractivity contribution in [1.82, 2.24) is 5.32 Å². The maximum absolute atomic E-state index is 11.6. The molecule has 1 amide bonds. The second-order valence-electron chi connectivity index (χ2n) is 4.66. The lowest BCUT2D eigenvalue weighted by Gasteiger charge is -2.13. The molecule has 20 heavy (non-hydrogen) atoms. The number of carbonyl (C=O) groups excluding carboxylic acids is 1. The summed E-state index contributed by atoms with van der Waals surface area (Å²) in [6.07, 6.45) is 1.28. The second-order valence-corrected chi connectivity index (χ2v) is 4.66. The highest BCUT2D eigenvalue weighted by atomic mass is 16.5. The van der Waals surface area contributed by atoms with Gasteiger partial charge in [-0.15, -0.1) is 0 Å². The van der Waals surface area contributed by atoms with E-state index in [0.29, 0.717) is 18.6 Å². The molecule has 0 aromatic heterocycles. The fourth-order valence-electron chi connectivity index (χ4n) is 1.78. The summed E-state index contributed by atoms with van der Waals surface area (Å²) in [5, 5.41) is 11.4. The molecule has 2 N–H and O–H groups in total. The van der Waals surface area contributed by atoms with Crippen LogP contribution < -0.4 is 10.1 Å². The van der Waals surface area contributed by atoms with Crippen molar-refractivity contribution >= 4 is 11.9 Å². The number of amides is 1. The van der Waals surface area contributed by atoms with E-state index in [9.17, 15) is 9.59 Å². The van der Waals surface area contributed by atoms with E-state index in [1.807, 2.05) is 38.1 Å². The van der Waals surface area contributed by atoms with Crippen LogP contribution in [0.1, 0.15) is 31.7 Å². The molecule has 0 saturated heterocycles. The van der Waals surface area contributed by atoms with Gasteiger partial charge in [-0.25, -0.2) is 4.79 Å². The van der Waals surface area contributed by atoms with Crippen LogP contribution in [-0.4, -0.2) is 29.6 Å². The molecule has 1 aromatic rings. The van der Waals surface area contributed by atoms with Gasteiger partial charge in [0, 0.05) is 0 Å². The fraction of sp³-hybridized carbons (Fsp3) is 0.467. The maximum Gasteiger partial charge on any atom is 0.326 e. The second kappa shape index (κ2) is 8.19. The van der Waals surface area contributed by atoms with E-state index in [1.54, 1.807) is 0 Å². The lowest BCUT2D eigenvalue weighted by Crippen LogP contribution is -2.41. The van der Waals surface area contributed by atoms with Crippen LogP contribution in [0.25, 0.3) is 0 Å². The summed E-state index contributed by atoms with van der Waals surface area (Å²) in [7, 11) is 0. The Morgan fingerprint density at radius 3 is 2.75 bits per heavy atom. The first-order valence-corrected chi connectivity index (χ1v) is 6.74. The summed E-state index contributed by atoms with van der Waals surface area (Å²) in [4.78, 5) is 22.5. The molecule has 0 heterocycles. The Kier molecular flexibility index (Phi) is 6.56. The van der Waals surface area contributed by atoms with Gasteiger partial charge in [0.2, 0.25) is 5.91 Å². The Bertz CT molecular complexity index is 459. The van der Waals surface area contributed by atoms with Gasteiger partial charge in [-0.2, -0.15) is 0 Å². The van der Waals surface area contributed by atoms with Crippen molar-refractivity contribution in [2.24, 2.45) is 0 Å². The van der Waals surface area contributed by atoms with Crippen molar-refractivity contribution in [3.8, 4) is 5.75 Å². The first-order chi connectivity index (χ1) is 9.52. The molecule has 0 aliphatic rings. The van der Waals surface area contributed by atoms with Gasteiger partial charge in [0.15, 0.2) is 0 Å². The Labute approximate surface area is 118 Å². The normalized spacial score (nSPS) is 11.7. The molecule has 0 spiro atoms. The van der Waals surface area contributed by atoms with Crippen molar-refractivity contribution < 1.29 is 19.4 Å². The van der Waals surface area contributed by atoms with Crippen LogP contribution in [-0.2, 0) is 9.59 Å². The molecule has 5 heteroatoms. The molecular formula is C15H21NO4. The number of carboxylic acids is 1. The maximum atomic E-state index is 11.6. The van der Waals surface area contributed by atoms with Crippen molar-refractivity contribution in [3.63, 3.8) is 0 Å². The van der Waals surface area contributed by atoms with E-state index in [-0.39, 0.29) is 18.9 Å². The van der Waals surface area contributed by atoms with Gasteiger partial charge >= 0.3 is 5.97 Å². The number of rotatable bonds is 8. The van der Waals surface area contributed by atoms with E-state index in [1.165, 1.54) is 0 Å². The molecule has 5 nitrogen and oxygen atoms in total. The van der Waals surface area contributed by atoms with Crippen LogP contribution in [0.2, 0.25) is 0 Å². The van der Waals surface area contributed by atoms with E-state index in [4.69, 9.17) is 9.84 Å². The lowest BCUT2D eigenvalue weighted by molar-refractivity contribution is -0.142. The number of nitrogens with one attached hydrogen (secondary N) is 1. The number of carboxylic acid groups (broad SMARTS) is 1. The van der Waals surface area contributed by atoms with E-state index >= 15 is 0 Å². The Balaban J connectivity index is 2.34. The molecule has 0 bridgehead atoms. The number of benzene rings is 1. The molecule has 1 atom stereocenters. The standard InChI is InChI=1S/C15H21NO4/c1-3-5-13(15(18)19)16-14(17)8-9-20-12-7-4-6-11(2)10-12/h4,6-7,10,13H,3,5,8-9H2,1-2H3,(H,16,17)(H,18,19)/t13-/m1/s1. The van der Waals surface area contributed by atoms with Crippen LogP contribution in [0.5, 0.6) is 5.75 Å². The summed E-state index contributed by atoms with van der Waals surface area (Å²) in [6.45, 7) is 4.07. The average Bonchev–Trinajstić information content (AvgIpc) is 2.38. The molecule has 1 rings (SSSR count). The summed E-state index contributed by atoms with van der Waals surface area (Å²) in [5.74, 6) is -0.598. The smallest absolute Gasteiger partial charge is 0.326 e. The number of aliphatic carboxylic acids is 1. The number of ether oxygens (including phenoxy) is 1. The Hall–Kier alpha value is -2.04. The number of hydrogen-bond acceptors (Lipinski definition) is 3. The minimum atomic E-state index is -1.00. The average molecular weight is 279 g/mol. The summed E-state index contributed by atoms with van der Waals surface area (Å²) in [5.41, 5.74) is 1.08. The van der Waals surface area contributed by atoms with Crippen molar-refractivity contribution in [2.45, 2.75) is 39.2 Å². The Morgan fingerprint density at radius 1 is 1.40 bits per heavy atom. The van der Waals surface area contributed by atoms with Crippen molar-refractivity contribution in [3.05, 3.63) is 29.8 Å². The van der Waals surface area contributed by atoms with Crippen LogP contribution in [0, 0.1) is 6.92 Å². The molecule has 1 aromatic carbocycles. The third kappa shape index (κ3) is 5.73. The summed E-state index contributed by atoms with van der Waals surface area (Å²) >= 11 is 0. The van der Waals surface area contributed by atoms with Crippen molar-refractivity contribution in [1.29, 1.82) is 0 Å². The monoisotopic (exact) mass is 279 g/mol. The van der Waals surface area contributed by atoms with Crippen LogP contribution in [0.4, 0.5) is 0 Å². The quantitative estimate of drug-likeness (QED) is 0.764. The lowest BCUT2D eigenvalue weighted by atomic mass is 10.1. The van der Waals surface area contributed by atoms with Gasteiger partial charge in [0.05, 0.1) is 13.0 Å². The third-order valence-electron chi connectivity index (χ3n) is 2.80. The van der Waals surface area contributed by atoms with E-state index in [2.05, 4.69) is 5.32 Å². The molecule has 110 valence electrons. The molecule has 0 saturated carbocycles. The minimum Gasteiger partial charge on any atom is -0.493 e. The molecule has 0 aliphatic heterocycles. The number of carbonyl (C=O) groups is 2. The molecule has 0 radical (unpaired) electrons. The largest absolute Gasteiger partial charge is 0.493 e.